The molecule has 0 aliphatic heterocycles. The molecule has 2 heterocycles. The zero-order valence-electron chi connectivity index (χ0n) is 21.4. The van der Waals surface area contributed by atoms with E-state index in [1.807, 2.05) is 11.8 Å². The van der Waals surface area contributed by atoms with Crippen molar-refractivity contribution in [3.63, 3.8) is 0 Å². The van der Waals surface area contributed by atoms with Gasteiger partial charge in [-0.1, -0.05) is 11.6 Å². The number of carbonyl (C=O) groups excluding carboxylic acids is 1. The van der Waals surface area contributed by atoms with E-state index in [9.17, 15) is 32.7 Å². The lowest BCUT2D eigenvalue weighted by Gasteiger charge is -2.23. The zero-order chi connectivity index (χ0) is 28.6. The van der Waals surface area contributed by atoms with Gasteiger partial charge in [0.15, 0.2) is 0 Å². The maximum Gasteiger partial charge on any atom is 0.431 e. The van der Waals surface area contributed by atoms with Gasteiger partial charge in [0.2, 0.25) is 0 Å². The van der Waals surface area contributed by atoms with Crippen LogP contribution in [0, 0.1) is 6.92 Å². The van der Waals surface area contributed by atoms with Gasteiger partial charge in [-0.25, -0.2) is 9.36 Å². The fraction of sp³-hybridized carbons (Fsp3) is 0.308. The smallest absolute Gasteiger partial charge is 0.431 e. The predicted octanol–water partition coefficient (Wildman–Crippen LogP) is 2.59. The fourth-order valence-corrected chi connectivity index (χ4v) is 4.85. The van der Waals surface area contributed by atoms with Crippen LogP contribution in [0.3, 0.4) is 0 Å². The van der Waals surface area contributed by atoms with Crippen LogP contribution >= 0.6 is 11.5 Å². The number of nitrogens with zero attached hydrogens (tertiary/aromatic N) is 4. The van der Waals surface area contributed by atoms with E-state index in [0.29, 0.717) is 43.1 Å². The molecular weight excluding hydrogens is 537 g/mol. The van der Waals surface area contributed by atoms with Crippen molar-refractivity contribution in [3.05, 3.63) is 74.6 Å². The first-order chi connectivity index (χ1) is 18.3. The Balaban J connectivity index is 1.84. The highest BCUT2D eigenvalue weighted by molar-refractivity contribution is 7.13. The molecule has 0 amide bonds. The monoisotopic (exact) mass is 561 g/mol. The fourth-order valence-electron chi connectivity index (χ4n) is 4.08. The maximum absolute atomic E-state index is 13.3. The Morgan fingerprint density at radius 3 is 2.51 bits per heavy atom. The van der Waals surface area contributed by atoms with Crippen molar-refractivity contribution in [1.29, 1.82) is 0 Å². The minimum absolute atomic E-state index is 0.0528. The number of aromatic nitrogens is 3. The molecule has 0 aliphatic carbocycles. The number of aliphatic carboxylic acids is 1. The molecule has 13 heteroatoms. The van der Waals surface area contributed by atoms with Crippen LogP contribution in [-0.2, 0) is 18.0 Å². The van der Waals surface area contributed by atoms with Crippen LogP contribution in [0.5, 0.6) is 5.75 Å². The lowest BCUT2D eigenvalue weighted by molar-refractivity contribution is -0.313. The Hall–Kier alpha value is -3.97. The second-order valence-corrected chi connectivity index (χ2v) is 10.1. The number of hydrogen-bond donors (Lipinski definition) is 0. The third-order valence-electron chi connectivity index (χ3n) is 6.08. The van der Waals surface area contributed by atoms with Gasteiger partial charge >= 0.3 is 11.9 Å². The van der Waals surface area contributed by atoms with E-state index < -0.39 is 35.2 Å². The molecule has 0 spiro atoms. The van der Waals surface area contributed by atoms with Gasteiger partial charge in [0.05, 0.1) is 22.1 Å². The van der Waals surface area contributed by atoms with Gasteiger partial charge in [-0.15, -0.1) is 0 Å². The zero-order valence-corrected chi connectivity index (χ0v) is 22.2. The molecule has 4 rings (SSSR count). The summed E-state index contributed by atoms with van der Waals surface area (Å²) in [7, 11) is 4.55. The summed E-state index contributed by atoms with van der Waals surface area (Å²) in [6.45, 7) is 2.28. The summed E-state index contributed by atoms with van der Waals surface area (Å²) in [5.41, 5.74) is -1.88. The standard InChI is InChI=1S/C26H25F3N4O5S/c1-14-5-7-18(38-19(24(35)36)9-10-31(2)3)16(11-14)23-17-12-15(6-8-20(17)39-30-23)33-22(34)13-21(26(27,28)29)32(4)25(33)37/h5-8,11-13,19H,9-10H2,1-4H3,(H,35,36)/p-1. The maximum atomic E-state index is 13.3. The van der Waals surface area contributed by atoms with Crippen LogP contribution < -0.4 is 21.1 Å². The predicted molar refractivity (Wildman–Crippen MR) is 138 cm³/mol. The number of fused-ring (bicyclic) bond motifs is 1. The molecule has 1 unspecified atom stereocenters. The average molecular weight is 562 g/mol. The lowest BCUT2D eigenvalue weighted by Crippen LogP contribution is -2.41. The molecule has 2 aromatic carbocycles. The molecule has 0 bridgehead atoms. The number of carbonyl (C=O) groups is 1. The van der Waals surface area contributed by atoms with Crippen molar-refractivity contribution in [2.75, 3.05) is 20.6 Å². The number of hydrogen-bond acceptors (Lipinski definition) is 8. The number of carboxylic acid groups (broad SMARTS) is 1. The van der Waals surface area contributed by atoms with Gasteiger partial charge in [0.1, 0.15) is 17.5 Å². The Morgan fingerprint density at radius 1 is 1.15 bits per heavy atom. The number of rotatable bonds is 8. The molecule has 0 saturated heterocycles. The third kappa shape index (κ3) is 5.73. The van der Waals surface area contributed by atoms with Crippen LogP contribution in [0.2, 0.25) is 0 Å². The van der Waals surface area contributed by atoms with Crippen LogP contribution in [0.4, 0.5) is 13.2 Å². The summed E-state index contributed by atoms with van der Waals surface area (Å²) in [6.07, 6.45) is -5.94. The van der Waals surface area contributed by atoms with Crippen LogP contribution in [-0.4, -0.2) is 51.1 Å². The highest BCUT2D eigenvalue weighted by atomic mass is 32.1. The molecule has 0 fully saturated rings. The number of alkyl halides is 3. The van der Waals surface area contributed by atoms with E-state index in [1.54, 1.807) is 38.4 Å². The molecular formula is C26H24F3N4O5S-. The minimum Gasteiger partial charge on any atom is -0.546 e. The number of carboxylic acids is 1. The second kappa shape index (κ2) is 10.7. The number of ether oxygens (including phenoxy) is 1. The van der Waals surface area contributed by atoms with Gasteiger partial charge in [-0.05, 0) is 62.9 Å². The third-order valence-corrected chi connectivity index (χ3v) is 6.91. The summed E-state index contributed by atoms with van der Waals surface area (Å²) >= 11 is 1.12. The van der Waals surface area contributed by atoms with Gasteiger partial charge in [0, 0.05) is 37.0 Å². The Bertz CT molecular complexity index is 1670. The Morgan fingerprint density at radius 2 is 1.87 bits per heavy atom. The summed E-state index contributed by atoms with van der Waals surface area (Å²) in [5.74, 6) is -1.12. The normalized spacial score (nSPS) is 12.7. The molecule has 4 aromatic rings. The molecule has 0 radical (unpaired) electrons. The van der Waals surface area contributed by atoms with Crippen molar-refractivity contribution >= 4 is 27.6 Å². The average Bonchev–Trinajstić information content (AvgIpc) is 3.27. The van der Waals surface area contributed by atoms with Crippen LogP contribution in [0.25, 0.3) is 27.0 Å². The summed E-state index contributed by atoms with van der Waals surface area (Å²) in [4.78, 5) is 39.0. The molecule has 9 nitrogen and oxygen atoms in total. The molecule has 206 valence electrons. The van der Waals surface area contributed by atoms with E-state index in [2.05, 4.69) is 4.37 Å². The quantitative estimate of drug-likeness (QED) is 0.325. The highest BCUT2D eigenvalue weighted by Gasteiger charge is 2.35. The largest absolute Gasteiger partial charge is 0.546 e. The first-order valence-corrected chi connectivity index (χ1v) is 12.5. The van der Waals surface area contributed by atoms with Crippen LogP contribution in [0.15, 0.2) is 52.1 Å². The van der Waals surface area contributed by atoms with Gasteiger partial charge in [0.25, 0.3) is 5.56 Å². The van der Waals surface area contributed by atoms with E-state index in [0.717, 1.165) is 24.1 Å². The molecule has 0 aliphatic rings. The summed E-state index contributed by atoms with van der Waals surface area (Å²) in [5, 5.41) is 12.3. The van der Waals surface area contributed by atoms with Crippen molar-refractivity contribution in [1.82, 2.24) is 18.4 Å². The van der Waals surface area contributed by atoms with Crippen molar-refractivity contribution in [2.24, 2.45) is 7.05 Å². The van der Waals surface area contributed by atoms with Crippen molar-refractivity contribution < 1.29 is 27.8 Å². The topological polar surface area (TPSA) is 109 Å². The number of aryl methyl sites for hydroxylation is 1. The SMILES string of the molecule is Cc1ccc(OC(CCN(C)C)C(=O)[O-])c(-c2nsc3ccc(-n4c(=O)cc(C(F)(F)F)n(C)c4=O)cc23)c1. The van der Waals surface area contributed by atoms with Crippen molar-refractivity contribution in [2.45, 2.75) is 25.6 Å². The summed E-state index contributed by atoms with van der Waals surface area (Å²) in [6, 6.07) is 10.0. The van der Waals surface area contributed by atoms with Crippen molar-refractivity contribution in [3.8, 4) is 22.7 Å². The van der Waals surface area contributed by atoms with E-state index in [4.69, 9.17) is 4.74 Å². The first kappa shape index (κ1) is 28.0. The van der Waals surface area contributed by atoms with E-state index >= 15 is 0 Å². The highest BCUT2D eigenvalue weighted by Crippen LogP contribution is 2.38. The summed E-state index contributed by atoms with van der Waals surface area (Å²) < 4.78 is 51.9. The number of benzene rings is 2. The van der Waals surface area contributed by atoms with Gasteiger partial charge in [-0.2, -0.15) is 17.5 Å². The molecule has 39 heavy (non-hydrogen) atoms. The molecule has 0 saturated carbocycles. The van der Waals surface area contributed by atoms with Gasteiger partial charge < -0.3 is 19.5 Å². The first-order valence-electron chi connectivity index (χ1n) is 11.7. The van der Waals surface area contributed by atoms with E-state index in [1.165, 1.54) is 12.1 Å². The van der Waals surface area contributed by atoms with Gasteiger partial charge in [-0.3, -0.25) is 9.36 Å². The Labute approximate surface area is 224 Å². The molecule has 2 aromatic heterocycles. The molecule has 0 N–H and O–H groups in total. The number of halogens is 3. The minimum atomic E-state index is -4.88. The second-order valence-electron chi connectivity index (χ2n) is 9.27. The molecule has 1 atom stereocenters. The Kier molecular flexibility index (Phi) is 7.66. The van der Waals surface area contributed by atoms with Crippen LogP contribution in [0.1, 0.15) is 17.7 Å². The van der Waals surface area contributed by atoms with E-state index in [-0.39, 0.29) is 17.9 Å². The lowest BCUT2D eigenvalue weighted by atomic mass is 10.0.